The molecule has 0 atom stereocenters. The monoisotopic (exact) mass is 393 g/mol. The van der Waals surface area contributed by atoms with Crippen molar-refractivity contribution in [2.24, 2.45) is 5.73 Å². The Morgan fingerprint density at radius 1 is 1.00 bits per heavy atom. The SMILES string of the molecule is CCCCNCC(=O)Nc1ccc(Sc2ccc(C(N)=O)cc2)cc1.Cl. The molecule has 2 amide bonds. The van der Waals surface area contributed by atoms with Crippen molar-refractivity contribution in [1.82, 2.24) is 5.32 Å². The number of nitrogens with one attached hydrogen (secondary N) is 2. The van der Waals surface area contributed by atoms with Crippen LogP contribution < -0.4 is 16.4 Å². The molecule has 0 aliphatic heterocycles. The molecule has 0 unspecified atom stereocenters. The molecule has 0 aliphatic carbocycles. The summed E-state index contributed by atoms with van der Waals surface area (Å²) in [5, 5.41) is 5.98. The van der Waals surface area contributed by atoms with Crippen LogP contribution >= 0.6 is 24.2 Å². The first-order valence-corrected chi connectivity index (χ1v) is 9.08. The van der Waals surface area contributed by atoms with E-state index < -0.39 is 5.91 Å². The lowest BCUT2D eigenvalue weighted by Crippen LogP contribution is -2.28. The third-order valence-corrected chi connectivity index (χ3v) is 4.52. The Morgan fingerprint density at radius 2 is 1.58 bits per heavy atom. The summed E-state index contributed by atoms with van der Waals surface area (Å²) in [4.78, 5) is 25.0. The highest BCUT2D eigenvalue weighted by atomic mass is 35.5. The number of unbranched alkanes of at least 4 members (excludes halogenated alkanes) is 1. The number of hydrogen-bond acceptors (Lipinski definition) is 4. The van der Waals surface area contributed by atoms with Gasteiger partial charge in [-0.3, -0.25) is 9.59 Å². The van der Waals surface area contributed by atoms with Gasteiger partial charge in [0, 0.05) is 21.0 Å². The lowest BCUT2D eigenvalue weighted by atomic mass is 10.2. The number of carbonyl (C=O) groups excluding carboxylic acids is 2. The van der Waals surface area contributed by atoms with E-state index in [4.69, 9.17) is 5.73 Å². The molecule has 4 N–H and O–H groups in total. The number of primary amides is 1. The van der Waals surface area contributed by atoms with Gasteiger partial charge >= 0.3 is 0 Å². The number of anilines is 1. The lowest BCUT2D eigenvalue weighted by molar-refractivity contribution is -0.115. The summed E-state index contributed by atoms with van der Waals surface area (Å²) in [5.41, 5.74) is 6.50. The molecule has 140 valence electrons. The molecule has 2 rings (SSSR count). The van der Waals surface area contributed by atoms with Crippen LogP contribution in [0.2, 0.25) is 0 Å². The van der Waals surface area contributed by atoms with Gasteiger partial charge in [-0.15, -0.1) is 12.4 Å². The molecule has 5 nitrogen and oxygen atoms in total. The number of amides is 2. The summed E-state index contributed by atoms with van der Waals surface area (Å²) in [5.74, 6) is -0.473. The minimum Gasteiger partial charge on any atom is -0.366 e. The predicted octanol–water partition coefficient (Wildman–Crippen LogP) is 3.69. The molecular weight excluding hydrogens is 370 g/mol. The van der Waals surface area contributed by atoms with Crippen molar-refractivity contribution < 1.29 is 9.59 Å². The van der Waals surface area contributed by atoms with Gasteiger partial charge in [0.25, 0.3) is 0 Å². The fourth-order valence-corrected chi connectivity index (χ4v) is 2.96. The van der Waals surface area contributed by atoms with E-state index in [1.54, 1.807) is 23.9 Å². The van der Waals surface area contributed by atoms with Crippen molar-refractivity contribution in [3.63, 3.8) is 0 Å². The van der Waals surface area contributed by atoms with Crippen molar-refractivity contribution in [2.75, 3.05) is 18.4 Å². The van der Waals surface area contributed by atoms with Crippen molar-refractivity contribution >= 4 is 41.7 Å². The van der Waals surface area contributed by atoms with Crippen molar-refractivity contribution in [3.05, 3.63) is 54.1 Å². The van der Waals surface area contributed by atoms with E-state index in [2.05, 4.69) is 17.6 Å². The first-order chi connectivity index (χ1) is 12.1. The molecule has 7 heteroatoms. The molecule has 2 aromatic rings. The quantitative estimate of drug-likeness (QED) is 0.567. The summed E-state index contributed by atoms with van der Waals surface area (Å²) in [7, 11) is 0. The third-order valence-electron chi connectivity index (χ3n) is 3.51. The average Bonchev–Trinajstić information content (AvgIpc) is 2.61. The van der Waals surface area contributed by atoms with Gasteiger partial charge in [-0.2, -0.15) is 0 Å². The number of halogens is 1. The zero-order valence-electron chi connectivity index (χ0n) is 14.7. The van der Waals surface area contributed by atoms with Crippen LogP contribution in [0.25, 0.3) is 0 Å². The summed E-state index contributed by atoms with van der Waals surface area (Å²) in [6, 6.07) is 14.8. The second kappa shape index (κ2) is 11.6. The van der Waals surface area contributed by atoms with E-state index in [-0.39, 0.29) is 18.3 Å². The molecular formula is C19H24ClN3O2S. The van der Waals surface area contributed by atoms with Gasteiger partial charge < -0.3 is 16.4 Å². The number of rotatable bonds is 9. The smallest absolute Gasteiger partial charge is 0.248 e. The second-order valence-electron chi connectivity index (χ2n) is 5.59. The van der Waals surface area contributed by atoms with E-state index in [0.29, 0.717) is 12.1 Å². The minimum atomic E-state index is -0.430. The Kier molecular flexibility index (Phi) is 9.80. The molecule has 0 bridgehead atoms. The fraction of sp³-hybridized carbons (Fsp3) is 0.263. The highest BCUT2D eigenvalue weighted by Gasteiger charge is 2.04. The zero-order valence-corrected chi connectivity index (χ0v) is 16.3. The first kappa shape index (κ1) is 22.0. The largest absolute Gasteiger partial charge is 0.366 e. The maximum atomic E-state index is 11.8. The molecule has 2 aromatic carbocycles. The van der Waals surface area contributed by atoms with E-state index in [0.717, 1.165) is 34.9 Å². The fourth-order valence-electron chi connectivity index (χ4n) is 2.14. The topological polar surface area (TPSA) is 84.2 Å². The Balaban J connectivity index is 0.00000338. The number of nitrogens with two attached hydrogens (primary N) is 1. The maximum absolute atomic E-state index is 11.8. The van der Waals surface area contributed by atoms with Crippen LogP contribution in [0.4, 0.5) is 5.69 Å². The van der Waals surface area contributed by atoms with E-state index >= 15 is 0 Å². The molecule has 26 heavy (non-hydrogen) atoms. The van der Waals surface area contributed by atoms with Gasteiger partial charge in [0.05, 0.1) is 6.54 Å². The highest BCUT2D eigenvalue weighted by molar-refractivity contribution is 7.99. The lowest BCUT2D eigenvalue weighted by Gasteiger charge is -2.08. The molecule has 0 spiro atoms. The Morgan fingerprint density at radius 3 is 2.12 bits per heavy atom. The van der Waals surface area contributed by atoms with Crippen molar-refractivity contribution in [3.8, 4) is 0 Å². The van der Waals surface area contributed by atoms with Crippen molar-refractivity contribution in [2.45, 2.75) is 29.6 Å². The van der Waals surface area contributed by atoms with Gasteiger partial charge in [-0.05, 0) is 61.5 Å². The standard InChI is InChI=1S/C19H23N3O2S.ClH/c1-2-3-12-21-13-18(23)22-15-6-10-17(11-7-15)25-16-8-4-14(5-9-16)19(20)24;/h4-11,21H,2-3,12-13H2,1H3,(H2,20,24)(H,22,23);1H. The summed E-state index contributed by atoms with van der Waals surface area (Å²) >= 11 is 1.58. The number of hydrogen-bond donors (Lipinski definition) is 3. The maximum Gasteiger partial charge on any atom is 0.248 e. The van der Waals surface area contributed by atoms with Crippen LogP contribution in [-0.2, 0) is 4.79 Å². The molecule has 0 radical (unpaired) electrons. The number of benzene rings is 2. The molecule has 0 aliphatic rings. The second-order valence-corrected chi connectivity index (χ2v) is 6.74. The number of carbonyl (C=O) groups is 2. The van der Waals surface area contributed by atoms with Crippen LogP contribution in [0.5, 0.6) is 0 Å². The Labute approximate surface area is 164 Å². The van der Waals surface area contributed by atoms with Gasteiger partial charge in [-0.25, -0.2) is 0 Å². The van der Waals surface area contributed by atoms with Crippen LogP contribution in [0.3, 0.4) is 0 Å². The third kappa shape index (κ3) is 7.47. The van der Waals surface area contributed by atoms with E-state index in [9.17, 15) is 9.59 Å². The first-order valence-electron chi connectivity index (χ1n) is 8.27. The van der Waals surface area contributed by atoms with Gasteiger partial charge in [0.15, 0.2) is 0 Å². The van der Waals surface area contributed by atoms with E-state index in [1.165, 1.54) is 0 Å². The predicted molar refractivity (Wildman–Crippen MR) is 109 cm³/mol. The highest BCUT2D eigenvalue weighted by Crippen LogP contribution is 2.28. The molecule has 0 fully saturated rings. The normalized spacial score (nSPS) is 10.0. The Bertz CT molecular complexity index is 706. The minimum absolute atomic E-state index is 0. The van der Waals surface area contributed by atoms with Gasteiger partial charge in [0.2, 0.25) is 11.8 Å². The molecule has 0 heterocycles. The molecule has 0 aromatic heterocycles. The van der Waals surface area contributed by atoms with Crippen molar-refractivity contribution in [1.29, 1.82) is 0 Å². The summed E-state index contributed by atoms with van der Waals surface area (Å²) in [6.07, 6.45) is 2.18. The van der Waals surface area contributed by atoms with Gasteiger partial charge in [0.1, 0.15) is 0 Å². The summed E-state index contributed by atoms with van der Waals surface area (Å²) in [6.45, 7) is 3.30. The molecule has 0 saturated heterocycles. The molecule has 0 saturated carbocycles. The van der Waals surface area contributed by atoms with Gasteiger partial charge in [-0.1, -0.05) is 25.1 Å². The summed E-state index contributed by atoms with van der Waals surface area (Å²) < 4.78 is 0. The van der Waals surface area contributed by atoms with Crippen LogP contribution in [0.1, 0.15) is 30.1 Å². The van der Waals surface area contributed by atoms with Crippen LogP contribution in [-0.4, -0.2) is 24.9 Å². The Hall–Kier alpha value is -2.02. The average molecular weight is 394 g/mol. The van der Waals surface area contributed by atoms with Crippen LogP contribution in [0, 0.1) is 0 Å². The zero-order chi connectivity index (χ0) is 18.1. The van der Waals surface area contributed by atoms with E-state index in [1.807, 2.05) is 36.4 Å². The van der Waals surface area contributed by atoms with Crippen LogP contribution in [0.15, 0.2) is 58.3 Å².